The number of halogens is 4. The lowest BCUT2D eigenvalue weighted by atomic mass is 10.0. The summed E-state index contributed by atoms with van der Waals surface area (Å²) < 4.78 is 37.2. The van der Waals surface area contributed by atoms with E-state index in [9.17, 15) is 13.2 Å². The lowest BCUT2D eigenvalue weighted by molar-refractivity contribution is -0.141. The molecule has 0 spiro atoms. The van der Waals surface area contributed by atoms with Crippen LogP contribution in [0.4, 0.5) is 13.2 Å². The Morgan fingerprint density at radius 3 is 2.74 bits per heavy atom. The molecule has 8 heteroatoms. The van der Waals surface area contributed by atoms with Crippen molar-refractivity contribution in [1.82, 2.24) is 15.1 Å². The molecule has 1 fully saturated rings. The van der Waals surface area contributed by atoms with Crippen LogP contribution >= 0.6 is 12.4 Å². The quantitative estimate of drug-likeness (QED) is 0.899. The minimum atomic E-state index is -4.39. The van der Waals surface area contributed by atoms with Gasteiger partial charge in [-0.05, 0) is 25.5 Å². The highest BCUT2D eigenvalue weighted by atomic mass is 35.5. The first-order valence-corrected chi connectivity index (χ1v) is 6.06. The van der Waals surface area contributed by atoms with Gasteiger partial charge in [-0.25, -0.2) is 0 Å². The zero-order valence-electron chi connectivity index (χ0n) is 10.4. The van der Waals surface area contributed by atoms with Crippen molar-refractivity contribution in [3.05, 3.63) is 17.5 Å². The first kappa shape index (κ1) is 16.3. The van der Waals surface area contributed by atoms with Crippen molar-refractivity contribution in [2.45, 2.75) is 38.0 Å². The molecule has 1 atom stereocenters. The molecule has 2 heterocycles. The van der Waals surface area contributed by atoms with Gasteiger partial charge in [-0.15, -0.1) is 12.4 Å². The van der Waals surface area contributed by atoms with Gasteiger partial charge in [0.15, 0.2) is 5.69 Å². The molecule has 1 aliphatic heterocycles. The number of nitrogens with two attached hydrogens (primary N) is 1. The molecule has 110 valence electrons. The van der Waals surface area contributed by atoms with Gasteiger partial charge in [0.1, 0.15) is 0 Å². The first-order chi connectivity index (χ1) is 8.50. The number of nitrogens with zero attached hydrogens (tertiary/aromatic N) is 2. The summed E-state index contributed by atoms with van der Waals surface area (Å²) in [5.41, 5.74) is 5.30. The normalized spacial score (nSPS) is 21.2. The minimum Gasteiger partial charge on any atom is -0.329 e. The van der Waals surface area contributed by atoms with Crippen LogP contribution in [0.5, 0.6) is 0 Å². The molecule has 0 saturated carbocycles. The van der Waals surface area contributed by atoms with Crippen molar-refractivity contribution >= 4 is 12.4 Å². The van der Waals surface area contributed by atoms with Crippen LogP contribution in [0.2, 0.25) is 0 Å². The van der Waals surface area contributed by atoms with E-state index in [1.807, 2.05) is 0 Å². The maximum Gasteiger partial charge on any atom is 0.435 e. The average Bonchev–Trinajstić information content (AvgIpc) is 2.78. The zero-order chi connectivity index (χ0) is 13.2. The fraction of sp³-hybridized carbons (Fsp3) is 0.727. The highest BCUT2D eigenvalue weighted by molar-refractivity contribution is 5.85. The number of alkyl halides is 3. The molecule has 1 aliphatic rings. The molecule has 19 heavy (non-hydrogen) atoms. The first-order valence-electron chi connectivity index (χ1n) is 6.06. The van der Waals surface area contributed by atoms with E-state index in [0.29, 0.717) is 18.8 Å². The third kappa shape index (κ3) is 4.09. The SMILES string of the molecule is Cl.NCC1CCCCN1Cc1cc(C(F)(F)F)n[nH]1. The van der Waals surface area contributed by atoms with Crippen LogP contribution in [0.1, 0.15) is 30.7 Å². The Labute approximate surface area is 115 Å². The van der Waals surface area contributed by atoms with Crippen molar-refractivity contribution in [3.63, 3.8) is 0 Å². The van der Waals surface area contributed by atoms with Gasteiger partial charge in [-0.2, -0.15) is 18.3 Å². The summed E-state index contributed by atoms with van der Waals surface area (Å²) in [5, 5.41) is 5.75. The van der Waals surface area contributed by atoms with Gasteiger partial charge in [0.25, 0.3) is 0 Å². The summed E-state index contributed by atoms with van der Waals surface area (Å²) in [4.78, 5) is 2.12. The Hall–Kier alpha value is -0.790. The molecule has 4 nitrogen and oxygen atoms in total. The number of aromatic amines is 1. The van der Waals surface area contributed by atoms with E-state index >= 15 is 0 Å². The van der Waals surface area contributed by atoms with Crippen LogP contribution in [0.3, 0.4) is 0 Å². The summed E-state index contributed by atoms with van der Waals surface area (Å²) in [5.74, 6) is 0. The summed E-state index contributed by atoms with van der Waals surface area (Å²) >= 11 is 0. The molecule has 1 unspecified atom stereocenters. The topological polar surface area (TPSA) is 57.9 Å². The van der Waals surface area contributed by atoms with Crippen LogP contribution in [-0.4, -0.2) is 34.2 Å². The molecular formula is C11H18ClF3N4. The molecule has 0 radical (unpaired) electrons. The molecule has 2 rings (SSSR count). The maximum atomic E-state index is 12.4. The third-order valence-corrected chi connectivity index (χ3v) is 3.32. The van der Waals surface area contributed by atoms with Gasteiger partial charge in [-0.1, -0.05) is 6.42 Å². The van der Waals surface area contributed by atoms with Crippen molar-refractivity contribution in [2.24, 2.45) is 5.73 Å². The molecule has 0 bridgehead atoms. The fourth-order valence-electron chi connectivity index (χ4n) is 2.34. The van der Waals surface area contributed by atoms with E-state index < -0.39 is 11.9 Å². The number of rotatable bonds is 3. The van der Waals surface area contributed by atoms with E-state index in [1.54, 1.807) is 0 Å². The monoisotopic (exact) mass is 298 g/mol. The van der Waals surface area contributed by atoms with Gasteiger partial charge in [-0.3, -0.25) is 10.00 Å². The predicted octanol–water partition coefficient (Wildman–Crippen LogP) is 2.16. The van der Waals surface area contributed by atoms with Crippen molar-refractivity contribution in [2.75, 3.05) is 13.1 Å². The average molecular weight is 299 g/mol. The number of hydrogen-bond donors (Lipinski definition) is 2. The Morgan fingerprint density at radius 1 is 1.42 bits per heavy atom. The van der Waals surface area contributed by atoms with E-state index in [1.165, 1.54) is 0 Å². The Kier molecular flexibility index (Phi) is 5.64. The zero-order valence-corrected chi connectivity index (χ0v) is 11.2. The van der Waals surface area contributed by atoms with E-state index in [4.69, 9.17) is 5.73 Å². The van der Waals surface area contributed by atoms with Crippen LogP contribution in [0.15, 0.2) is 6.07 Å². The maximum absolute atomic E-state index is 12.4. The summed E-state index contributed by atoms with van der Waals surface area (Å²) in [6.45, 7) is 1.87. The number of hydrogen-bond acceptors (Lipinski definition) is 3. The van der Waals surface area contributed by atoms with Gasteiger partial charge in [0.05, 0.1) is 0 Å². The number of nitrogens with one attached hydrogen (secondary N) is 1. The molecule has 1 saturated heterocycles. The molecule has 1 aromatic heterocycles. The molecular weight excluding hydrogens is 281 g/mol. The van der Waals surface area contributed by atoms with E-state index in [2.05, 4.69) is 15.1 Å². The van der Waals surface area contributed by atoms with Crippen LogP contribution < -0.4 is 5.73 Å². The second-order valence-corrected chi connectivity index (χ2v) is 4.63. The van der Waals surface area contributed by atoms with Gasteiger partial charge in [0.2, 0.25) is 0 Å². The standard InChI is InChI=1S/C11H17F3N4.ClH/c12-11(13,14)10-5-8(16-17-10)7-18-4-2-1-3-9(18)6-15;/h5,9H,1-4,6-7,15H2,(H,16,17);1H. The van der Waals surface area contributed by atoms with Crippen molar-refractivity contribution in [1.29, 1.82) is 0 Å². The fourth-order valence-corrected chi connectivity index (χ4v) is 2.34. The number of H-pyrrole nitrogens is 1. The Morgan fingerprint density at radius 2 is 2.16 bits per heavy atom. The van der Waals surface area contributed by atoms with Crippen molar-refractivity contribution < 1.29 is 13.2 Å². The lowest BCUT2D eigenvalue weighted by Crippen LogP contribution is -2.43. The lowest BCUT2D eigenvalue weighted by Gasteiger charge is -2.34. The van der Waals surface area contributed by atoms with Crippen LogP contribution in [-0.2, 0) is 12.7 Å². The largest absolute Gasteiger partial charge is 0.435 e. The van der Waals surface area contributed by atoms with E-state index in [-0.39, 0.29) is 18.4 Å². The van der Waals surface area contributed by atoms with E-state index in [0.717, 1.165) is 31.9 Å². The van der Waals surface area contributed by atoms with Crippen molar-refractivity contribution in [3.8, 4) is 0 Å². The predicted molar refractivity (Wildman–Crippen MR) is 67.9 cm³/mol. The molecule has 1 aromatic rings. The van der Waals surface area contributed by atoms with Crippen LogP contribution in [0, 0.1) is 0 Å². The van der Waals surface area contributed by atoms with Gasteiger partial charge in [0, 0.05) is 24.8 Å². The second-order valence-electron chi connectivity index (χ2n) is 4.63. The molecule has 0 aromatic carbocycles. The summed E-state index contributed by atoms with van der Waals surface area (Å²) in [6.07, 6.45) is -1.17. The third-order valence-electron chi connectivity index (χ3n) is 3.32. The van der Waals surface area contributed by atoms with Crippen LogP contribution in [0.25, 0.3) is 0 Å². The Bertz CT molecular complexity index is 394. The summed E-state index contributed by atoms with van der Waals surface area (Å²) in [7, 11) is 0. The van der Waals surface area contributed by atoms with Gasteiger partial charge < -0.3 is 5.73 Å². The number of aromatic nitrogens is 2. The highest BCUT2D eigenvalue weighted by Gasteiger charge is 2.34. The number of likely N-dealkylation sites (tertiary alicyclic amines) is 1. The minimum absolute atomic E-state index is 0. The Balaban J connectivity index is 0.00000180. The molecule has 3 N–H and O–H groups in total. The smallest absolute Gasteiger partial charge is 0.329 e. The molecule has 0 aliphatic carbocycles. The van der Waals surface area contributed by atoms with Gasteiger partial charge >= 0.3 is 6.18 Å². The summed E-state index contributed by atoms with van der Waals surface area (Å²) in [6, 6.07) is 1.33. The number of piperidine rings is 1. The second kappa shape index (κ2) is 6.58. The molecule has 0 amide bonds. The highest BCUT2D eigenvalue weighted by Crippen LogP contribution is 2.28.